The Labute approximate surface area is 164 Å². The third-order valence-electron chi connectivity index (χ3n) is 6.16. The van der Waals surface area contributed by atoms with Crippen molar-refractivity contribution >= 4 is 23.4 Å². The summed E-state index contributed by atoms with van der Waals surface area (Å²) in [5.74, 6) is 0.00507. The normalized spacial score (nSPS) is 26.0. The number of carbonyl (C=O) groups is 2. The molecule has 4 rings (SSSR count). The van der Waals surface area contributed by atoms with E-state index in [9.17, 15) is 9.59 Å². The number of methoxy groups -OCH3 is 1. The minimum atomic E-state index is -0.430. The lowest BCUT2D eigenvalue weighted by atomic mass is 9.85. The molecule has 1 aromatic rings. The number of hydrogen-bond acceptors (Lipinski definition) is 3. The van der Waals surface area contributed by atoms with E-state index in [0.717, 1.165) is 19.3 Å². The maximum absolute atomic E-state index is 13.3. The molecule has 3 aliphatic rings. The number of halogens is 1. The zero-order valence-corrected chi connectivity index (χ0v) is 16.5. The van der Waals surface area contributed by atoms with Crippen LogP contribution < -0.4 is 5.32 Å². The van der Waals surface area contributed by atoms with Gasteiger partial charge in [-0.3, -0.25) is 9.59 Å². The van der Waals surface area contributed by atoms with Gasteiger partial charge in [0.25, 0.3) is 0 Å². The van der Waals surface area contributed by atoms with Crippen molar-refractivity contribution in [1.82, 2.24) is 10.2 Å². The van der Waals surface area contributed by atoms with Crippen molar-refractivity contribution < 1.29 is 14.3 Å². The van der Waals surface area contributed by atoms with Crippen molar-refractivity contribution in [3.05, 3.63) is 46.0 Å². The van der Waals surface area contributed by atoms with Gasteiger partial charge in [0.1, 0.15) is 0 Å². The molecular formula is C21H25ClN2O3. The SMILES string of the molecule is CO[C@@H]1CN(C(=O)C2(C)Cc3ccccc3C2)C[C@H]1NC(=O)C1=C(Cl)CC1. The lowest BCUT2D eigenvalue weighted by molar-refractivity contribution is -0.140. The summed E-state index contributed by atoms with van der Waals surface area (Å²) >= 11 is 6.02. The van der Waals surface area contributed by atoms with E-state index in [0.29, 0.717) is 30.1 Å². The Morgan fingerprint density at radius 3 is 2.37 bits per heavy atom. The van der Waals surface area contributed by atoms with Crippen molar-refractivity contribution in [2.75, 3.05) is 20.2 Å². The van der Waals surface area contributed by atoms with Gasteiger partial charge in [0.15, 0.2) is 0 Å². The highest BCUT2D eigenvalue weighted by Crippen LogP contribution is 2.39. The standard InChI is InChI=1S/C21H25ClN2O3/c1-21(9-13-5-3-4-6-14(13)10-21)20(26)24-11-17(18(12-24)27-2)23-19(25)15-7-8-16(15)22/h3-6,17-18H,7-12H2,1-2H3,(H,23,25)/t17-,18-/m1/s1. The second-order valence-electron chi connectivity index (χ2n) is 8.13. The molecule has 5 nitrogen and oxygen atoms in total. The number of likely N-dealkylation sites (tertiary alicyclic amines) is 1. The highest BCUT2D eigenvalue weighted by atomic mass is 35.5. The van der Waals surface area contributed by atoms with Crippen LogP contribution in [0.15, 0.2) is 34.9 Å². The largest absolute Gasteiger partial charge is 0.377 e. The van der Waals surface area contributed by atoms with Gasteiger partial charge in [-0.05, 0) is 36.8 Å². The zero-order valence-electron chi connectivity index (χ0n) is 15.8. The number of nitrogens with one attached hydrogen (secondary N) is 1. The maximum atomic E-state index is 13.3. The molecule has 0 aromatic heterocycles. The molecule has 1 aromatic carbocycles. The molecule has 2 atom stereocenters. The molecule has 1 heterocycles. The van der Waals surface area contributed by atoms with Crippen LogP contribution in [0.25, 0.3) is 0 Å². The molecule has 1 saturated heterocycles. The fourth-order valence-corrected chi connectivity index (χ4v) is 4.77. The summed E-state index contributed by atoms with van der Waals surface area (Å²) in [5.41, 5.74) is 2.75. The Balaban J connectivity index is 1.45. The molecule has 0 bridgehead atoms. The summed E-state index contributed by atoms with van der Waals surface area (Å²) in [6.45, 7) is 3.01. The van der Waals surface area contributed by atoms with Crippen LogP contribution in [0, 0.1) is 5.41 Å². The monoisotopic (exact) mass is 388 g/mol. The predicted molar refractivity (Wildman–Crippen MR) is 103 cm³/mol. The fraction of sp³-hybridized carbons (Fsp3) is 0.524. The number of nitrogens with zero attached hydrogens (tertiary/aromatic N) is 1. The highest BCUT2D eigenvalue weighted by Gasteiger charge is 2.46. The molecule has 2 amide bonds. The first-order valence-corrected chi connectivity index (χ1v) is 9.86. The number of ether oxygens (including phenoxy) is 1. The fourth-order valence-electron chi connectivity index (χ4n) is 4.49. The smallest absolute Gasteiger partial charge is 0.248 e. The van der Waals surface area contributed by atoms with Crippen molar-refractivity contribution in [3.63, 3.8) is 0 Å². The second kappa shape index (κ2) is 6.95. The summed E-state index contributed by atoms with van der Waals surface area (Å²) in [6.07, 6.45) is 2.80. The van der Waals surface area contributed by atoms with Crippen LogP contribution in [-0.4, -0.2) is 49.1 Å². The molecule has 144 valence electrons. The van der Waals surface area contributed by atoms with Crippen LogP contribution in [0.4, 0.5) is 0 Å². The van der Waals surface area contributed by atoms with E-state index in [4.69, 9.17) is 16.3 Å². The maximum Gasteiger partial charge on any atom is 0.248 e. The molecule has 1 N–H and O–H groups in total. The Hall–Kier alpha value is -1.85. The van der Waals surface area contributed by atoms with E-state index in [1.54, 1.807) is 7.11 Å². The van der Waals surface area contributed by atoms with Gasteiger partial charge in [-0.25, -0.2) is 0 Å². The Bertz CT molecular complexity index is 794. The van der Waals surface area contributed by atoms with Gasteiger partial charge in [0.05, 0.1) is 17.6 Å². The van der Waals surface area contributed by atoms with Gasteiger partial charge in [-0.2, -0.15) is 0 Å². The van der Waals surface area contributed by atoms with Gasteiger partial charge >= 0.3 is 0 Å². The van der Waals surface area contributed by atoms with Gasteiger partial charge in [-0.15, -0.1) is 0 Å². The minimum absolute atomic E-state index is 0.132. The van der Waals surface area contributed by atoms with Crippen LogP contribution >= 0.6 is 11.6 Å². The molecule has 0 spiro atoms. The number of carbonyl (C=O) groups excluding carboxylic acids is 2. The van der Waals surface area contributed by atoms with Crippen molar-refractivity contribution in [3.8, 4) is 0 Å². The van der Waals surface area contributed by atoms with Crippen LogP contribution in [0.2, 0.25) is 0 Å². The molecule has 27 heavy (non-hydrogen) atoms. The first-order valence-electron chi connectivity index (χ1n) is 9.48. The van der Waals surface area contributed by atoms with Crippen molar-refractivity contribution in [2.24, 2.45) is 5.41 Å². The van der Waals surface area contributed by atoms with Crippen LogP contribution in [0.1, 0.15) is 30.9 Å². The predicted octanol–water partition coefficient (Wildman–Crippen LogP) is 2.42. The zero-order chi connectivity index (χ0) is 19.2. The van der Waals surface area contributed by atoms with E-state index < -0.39 is 5.41 Å². The third kappa shape index (κ3) is 3.27. The first-order chi connectivity index (χ1) is 12.9. The van der Waals surface area contributed by atoms with Gasteiger partial charge < -0.3 is 15.0 Å². The van der Waals surface area contributed by atoms with Crippen LogP contribution in [0.3, 0.4) is 0 Å². The second-order valence-corrected chi connectivity index (χ2v) is 8.59. The number of rotatable bonds is 4. The lowest BCUT2D eigenvalue weighted by Crippen LogP contribution is -2.46. The van der Waals surface area contributed by atoms with Crippen molar-refractivity contribution in [1.29, 1.82) is 0 Å². The summed E-state index contributed by atoms with van der Waals surface area (Å²) in [6, 6.07) is 8.05. The highest BCUT2D eigenvalue weighted by molar-refractivity contribution is 6.33. The Morgan fingerprint density at radius 2 is 1.85 bits per heavy atom. The molecule has 0 radical (unpaired) electrons. The molecule has 2 aliphatic carbocycles. The quantitative estimate of drug-likeness (QED) is 0.861. The Kier molecular flexibility index (Phi) is 4.77. The van der Waals surface area contributed by atoms with Gasteiger partial charge in [-0.1, -0.05) is 42.8 Å². The average Bonchev–Trinajstić information content (AvgIpc) is 3.20. The van der Waals surface area contributed by atoms with E-state index >= 15 is 0 Å². The van der Waals surface area contributed by atoms with Gasteiger partial charge in [0, 0.05) is 30.8 Å². The average molecular weight is 389 g/mol. The molecule has 6 heteroatoms. The molecule has 1 fully saturated rings. The molecular weight excluding hydrogens is 364 g/mol. The van der Waals surface area contributed by atoms with Crippen LogP contribution in [-0.2, 0) is 27.2 Å². The number of fused-ring (bicyclic) bond motifs is 1. The van der Waals surface area contributed by atoms with E-state index in [1.165, 1.54) is 11.1 Å². The topological polar surface area (TPSA) is 58.6 Å². The first kappa shape index (κ1) is 18.5. The lowest BCUT2D eigenvalue weighted by Gasteiger charge is -2.29. The summed E-state index contributed by atoms with van der Waals surface area (Å²) in [5, 5.41) is 3.66. The van der Waals surface area contributed by atoms with Crippen LogP contribution in [0.5, 0.6) is 0 Å². The number of amides is 2. The van der Waals surface area contributed by atoms with Gasteiger partial charge in [0.2, 0.25) is 11.8 Å². The molecule has 0 saturated carbocycles. The number of hydrogen-bond donors (Lipinski definition) is 1. The summed E-state index contributed by atoms with van der Waals surface area (Å²) in [4.78, 5) is 27.5. The van der Waals surface area contributed by atoms with Crippen molar-refractivity contribution in [2.45, 2.75) is 44.8 Å². The van der Waals surface area contributed by atoms with E-state index in [2.05, 4.69) is 17.4 Å². The van der Waals surface area contributed by atoms with E-state index in [-0.39, 0.29) is 24.0 Å². The Morgan fingerprint density at radius 1 is 1.19 bits per heavy atom. The molecule has 1 aliphatic heterocycles. The minimum Gasteiger partial charge on any atom is -0.377 e. The number of benzene rings is 1. The molecule has 0 unspecified atom stereocenters. The third-order valence-corrected chi connectivity index (χ3v) is 6.58. The number of allylic oxidation sites excluding steroid dienone is 1. The summed E-state index contributed by atoms with van der Waals surface area (Å²) < 4.78 is 5.56. The van der Waals surface area contributed by atoms with E-state index in [1.807, 2.05) is 24.0 Å². The summed E-state index contributed by atoms with van der Waals surface area (Å²) in [7, 11) is 1.63.